The molecule has 0 spiro atoms. The molecule has 1 saturated heterocycles. The van der Waals surface area contributed by atoms with E-state index in [2.05, 4.69) is 35.0 Å². The Morgan fingerprint density at radius 1 is 1.29 bits per heavy atom. The van der Waals surface area contributed by atoms with Crippen molar-refractivity contribution in [2.24, 2.45) is 0 Å². The Hall–Kier alpha value is -0.840. The summed E-state index contributed by atoms with van der Waals surface area (Å²) >= 11 is 11.7. The van der Waals surface area contributed by atoms with Gasteiger partial charge in [0, 0.05) is 43.8 Å². The molecule has 0 aliphatic carbocycles. The lowest BCUT2D eigenvalue weighted by Crippen LogP contribution is -2.52. The molecule has 21 heavy (non-hydrogen) atoms. The third-order valence-electron chi connectivity index (χ3n) is 3.99. The first-order valence-corrected chi connectivity index (χ1v) is 8.40. The smallest absolute Gasteiger partial charge is 0.169 e. The molecule has 0 aromatic heterocycles. The van der Waals surface area contributed by atoms with Crippen molar-refractivity contribution in [3.05, 3.63) is 34.9 Å². The van der Waals surface area contributed by atoms with E-state index in [9.17, 15) is 0 Å². The van der Waals surface area contributed by atoms with E-state index in [-0.39, 0.29) is 0 Å². The molecule has 0 saturated carbocycles. The largest absolute Gasteiger partial charge is 0.360 e. The number of thiocarbonyl (C=S) groups is 1. The van der Waals surface area contributed by atoms with Crippen LogP contribution in [0.2, 0.25) is 5.02 Å². The average Bonchev–Trinajstić information content (AvgIpc) is 2.50. The molecular formula is C16H24ClN3S. The predicted octanol–water partition coefficient (Wildman–Crippen LogP) is 3.13. The van der Waals surface area contributed by atoms with Crippen molar-refractivity contribution in [2.45, 2.75) is 32.9 Å². The van der Waals surface area contributed by atoms with E-state index >= 15 is 0 Å². The number of nitrogens with zero attached hydrogens (tertiary/aromatic N) is 2. The first kappa shape index (κ1) is 16.5. The van der Waals surface area contributed by atoms with E-state index in [1.807, 2.05) is 18.2 Å². The normalized spacial score (nSPS) is 17.6. The zero-order valence-electron chi connectivity index (χ0n) is 12.8. The van der Waals surface area contributed by atoms with Crippen LogP contribution in [0.4, 0.5) is 0 Å². The highest BCUT2D eigenvalue weighted by Gasteiger charge is 2.19. The minimum Gasteiger partial charge on any atom is -0.360 e. The van der Waals surface area contributed by atoms with Gasteiger partial charge >= 0.3 is 0 Å². The van der Waals surface area contributed by atoms with E-state index < -0.39 is 0 Å². The minimum atomic E-state index is 0.443. The summed E-state index contributed by atoms with van der Waals surface area (Å²) in [4.78, 5) is 4.70. The van der Waals surface area contributed by atoms with Crippen LogP contribution in [0.25, 0.3) is 0 Å². The minimum absolute atomic E-state index is 0.443. The lowest BCUT2D eigenvalue weighted by molar-refractivity contribution is 0.174. The lowest BCUT2D eigenvalue weighted by Gasteiger charge is -2.37. The second-order valence-corrected chi connectivity index (χ2v) is 6.41. The maximum atomic E-state index is 6.23. The second-order valence-electron chi connectivity index (χ2n) is 5.61. The first-order valence-electron chi connectivity index (χ1n) is 7.61. The second kappa shape index (κ2) is 7.97. The van der Waals surface area contributed by atoms with Crippen LogP contribution in [0.1, 0.15) is 25.8 Å². The molecule has 1 aliphatic rings. The molecule has 1 aromatic rings. The molecule has 2 rings (SSSR count). The first-order chi connectivity index (χ1) is 10.1. The van der Waals surface area contributed by atoms with Crippen molar-refractivity contribution in [1.29, 1.82) is 0 Å². The molecule has 3 nitrogen and oxygen atoms in total. The Bertz CT molecular complexity index is 472. The van der Waals surface area contributed by atoms with Gasteiger partial charge in [-0.15, -0.1) is 0 Å². The van der Waals surface area contributed by atoms with Crippen molar-refractivity contribution in [3.8, 4) is 0 Å². The van der Waals surface area contributed by atoms with Gasteiger partial charge in [-0.3, -0.25) is 4.90 Å². The van der Waals surface area contributed by atoms with E-state index in [0.29, 0.717) is 6.04 Å². The summed E-state index contributed by atoms with van der Waals surface area (Å²) in [6.45, 7) is 9.25. The maximum absolute atomic E-state index is 6.23. The van der Waals surface area contributed by atoms with Crippen LogP contribution in [0, 0.1) is 0 Å². The number of piperazine rings is 1. The fourth-order valence-electron chi connectivity index (χ4n) is 2.38. The number of hydrogen-bond acceptors (Lipinski definition) is 2. The molecule has 1 unspecified atom stereocenters. The molecule has 0 radical (unpaired) electrons. The summed E-state index contributed by atoms with van der Waals surface area (Å²) in [5, 5.41) is 5.14. The van der Waals surface area contributed by atoms with Gasteiger partial charge in [0.1, 0.15) is 0 Å². The molecule has 1 N–H and O–H groups in total. The Morgan fingerprint density at radius 3 is 2.57 bits per heavy atom. The fraction of sp³-hybridized carbons (Fsp3) is 0.562. The summed E-state index contributed by atoms with van der Waals surface area (Å²) in [7, 11) is 0. The van der Waals surface area contributed by atoms with Crippen molar-refractivity contribution in [2.75, 3.05) is 26.2 Å². The van der Waals surface area contributed by atoms with Crippen molar-refractivity contribution in [3.63, 3.8) is 0 Å². The monoisotopic (exact) mass is 325 g/mol. The lowest BCUT2D eigenvalue weighted by atomic mass is 10.2. The summed E-state index contributed by atoms with van der Waals surface area (Å²) in [6, 6.07) is 8.52. The molecule has 1 atom stereocenters. The third-order valence-corrected chi connectivity index (χ3v) is 4.74. The highest BCUT2D eigenvalue weighted by Crippen LogP contribution is 2.17. The van der Waals surface area contributed by atoms with Gasteiger partial charge in [-0.2, -0.15) is 0 Å². The van der Waals surface area contributed by atoms with Crippen LogP contribution in [0.5, 0.6) is 0 Å². The van der Waals surface area contributed by atoms with Gasteiger partial charge < -0.3 is 10.2 Å². The van der Waals surface area contributed by atoms with Gasteiger partial charge in [0.2, 0.25) is 0 Å². The van der Waals surface area contributed by atoms with Gasteiger partial charge in [-0.05, 0) is 37.2 Å². The van der Waals surface area contributed by atoms with Crippen molar-refractivity contribution in [1.82, 2.24) is 15.1 Å². The average molecular weight is 326 g/mol. The van der Waals surface area contributed by atoms with Gasteiger partial charge in [0.25, 0.3) is 0 Å². The maximum Gasteiger partial charge on any atom is 0.169 e. The molecule has 1 fully saturated rings. The predicted molar refractivity (Wildman–Crippen MR) is 93.8 cm³/mol. The van der Waals surface area contributed by atoms with Crippen molar-refractivity contribution < 1.29 is 0 Å². The quantitative estimate of drug-likeness (QED) is 0.857. The Labute approximate surface area is 138 Å². The van der Waals surface area contributed by atoms with Crippen molar-refractivity contribution >= 4 is 28.9 Å². The Kier molecular flexibility index (Phi) is 6.27. The topological polar surface area (TPSA) is 18.5 Å². The van der Waals surface area contributed by atoms with E-state index in [1.165, 1.54) is 5.56 Å². The SMILES string of the molecule is CCC(C)NC(=S)N1CCN(Cc2ccccc2Cl)CC1. The summed E-state index contributed by atoms with van der Waals surface area (Å²) < 4.78 is 0. The van der Waals surface area contributed by atoms with Crippen LogP contribution in [-0.4, -0.2) is 47.1 Å². The summed E-state index contributed by atoms with van der Waals surface area (Å²) in [6.07, 6.45) is 1.09. The van der Waals surface area contributed by atoms with Crippen LogP contribution >= 0.6 is 23.8 Å². The highest BCUT2D eigenvalue weighted by atomic mass is 35.5. The number of halogens is 1. The van der Waals surface area contributed by atoms with Crippen LogP contribution in [0.15, 0.2) is 24.3 Å². The number of hydrogen-bond donors (Lipinski definition) is 1. The van der Waals surface area contributed by atoms with E-state index in [4.69, 9.17) is 23.8 Å². The van der Waals surface area contributed by atoms with Gasteiger partial charge in [0.15, 0.2) is 5.11 Å². The van der Waals surface area contributed by atoms with E-state index in [1.54, 1.807) is 0 Å². The highest BCUT2D eigenvalue weighted by molar-refractivity contribution is 7.80. The molecule has 0 bridgehead atoms. The number of benzene rings is 1. The van der Waals surface area contributed by atoms with Gasteiger partial charge in [-0.1, -0.05) is 36.7 Å². The fourth-order valence-corrected chi connectivity index (χ4v) is 2.96. The van der Waals surface area contributed by atoms with Gasteiger partial charge in [-0.25, -0.2) is 0 Å². The molecule has 1 heterocycles. The standard InChI is InChI=1S/C16H24ClN3S/c1-3-13(2)18-16(21)20-10-8-19(9-11-20)12-14-6-4-5-7-15(14)17/h4-7,13H,3,8-12H2,1-2H3,(H,18,21). The van der Waals surface area contributed by atoms with Crippen LogP contribution in [-0.2, 0) is 6.54 Å². The summed E-state index contributed by atoms with van der Waals surface area (Å²) in [5.74, 6) is 0. The molecule has 1 aromatic carbocycles. The Morgan fingerprint density at radius 2 is 1.95 bits per heavy atom. The summed E-state index contributed by atoms with van der Waals surface area (Å²) in [5.41, 5.74) is 1.20. The third kappa shape index (κ3) is 4.83. The van der Waals surface area contributed by atoms with Crippen LogP contribution < -0.4 is 5.32 Å². The zero-order valence-corrected chi connectivity index (χ0v) is 14.4. The Balaban J connectivity index is 1.81. The van der Waals surface area contributed by atoms with Gasteiger partial charge in [0.05, 0.1) is 0 Å². The number of nitrogens with one attached hydrogen (secondary N) is 1. The molecule has 5 heteroatoms. The molecule has 116 valence electrons. The number of rotatable bonds is 4. The van der Waals surface area contributed by atoms with Crippen LogP contribution in [0.3, 0.4) is 0 Å². The molecule has 0 amide bonds. The van der Waals surface area contributed by atoms with E-state index in [0.717, 1.165) is 49.3 Å². The zero-order chi connectivity index (χ0) is 15.2. The molecule has 1 aliphatic heterocycles. The molecular weight excluding hydrogens is 302 g/mol.